The van der Waals surface area contributed by atoms with E-state index in [0.717, 1.165) is 31.8 Å². The first-order chi connectivity index (χ1) is 9.40. The van der Waals surface area contributed by atoms with Gasteiger partial charge in [0, 0.05) is 37.3 Å². The molecule has 0 radical (unpaired) electrons. The molecule has 0 aliphatic carbocycles. The molecule has 0 heterocycles. The van der Waals surface area contributed by atoms with Crippen LogP contribution in [-0.4, -0.2) is 37.7 Å². The number of hydrogen-bond donors (Lipinski definition) is 1. The fourth-order valence-corrected chi connectivity index (χ4v) is 2.46. The lowest BCUT2D eigenvalue weighted by molar-refractivity contribution is 0.107. The normalized spacial score (nSPS) is 13.7. The van der Waals surface area contributed by atoms with Crippen molar-refractivity contribution in [1.29, 1.82) is 0 Å². The Bertz CT molecular complexity index is 386. The first kappa shape index (κ1) is 17.0. The van der Waals surface area contributed by atoms with Crippen LogP contribution in [0.2, 0.25) is 0 Å². The van der Waals surface area contributed by atoms with E-state index in [4.69, 9.17) is 10.5 Å². The highest BCUT2D eigenvalue weighted by atomic mass is 16.5. The van der Waals surface area contributed by atoms with E-state index in [1.54, 1.807) is 7.11 Å². The molecule has 3 heteroatoms. The maximum Gasteiger partial charge on any atom is 0.0589 e. The molecule has 114 valence electrons. The van der Waals surface area contributed by atoms with Crippen molar-refractivity contribution in [2.75, 3.05) is 32.5 Å². The van der Waals surface area contributed by atoms with Gasteiger partial charge in [-0.05, 0) is 31.0 Å². The largest absolute Gasteiger partial charge is 0.399 e. The van der Waals surface area contributed by atoms with E-state index >= 15 is 0 Å². The smallest absolute Gasteiger partial charge is 0.0589 e. The van der Waals surface area contributed by atoms with E-state index in [2.05, 4.69) is 44.7 Å². The van der Waals surface area contributed by atoms with E-state index < -0.39 is 0 Å². The quantitative estimate of drug-likeness (QED) is 0.742. The van der Waals surface area contributed by atoms with Crippen LogP contribution in [0.25, 0.3) is 0 Å². The number of rotatable bonds is 8. The molecule has 0 aliphatic heterocycles. The monoisotopic (exact) mass is 278 g/mol. The average Bonchev–Trinajstić information content (AvgIpc) is 2.43. The van der Waals surface area contributed by atoms with Crippen molar-refractivity contribution in [1.82, 2.24) is 4.90 Å². The third-order valence-electron chi connectivity index (χ3n) is 4.09. The number of nitrogen functional groups attached to an aromatic ring is 1. The van der Waals surface area contributed by atoms with E-state index in [-0.39, 0.29) is 5.41 Å². The van der Waals surface area contributed by atoms with Gasteiger partial charge in [-0.25, -0.2) is 0 Å². The second kappa shape index (κ2) is 7.65. The molecule has 0 spiro atoms. The van der Waals surface area contributed by atoms with Gasteiger partial charge >= 0.3 is 0 Å². The van der Waals surface area contributed by atoms with E-state index in [1.807, 2.05) is 12.1 Å². The zero-order valence-corrected chi connectivity index (χ0v) is 13.6. The summed E-state index contributed by atoms with van der Waals surface area (Å²) in [5.41, 5.74) is 8.03. The minimum absolute atomic E-state index is 0.102. The summed E-state index contributed by atoms with van der Waals surface area (Å²) in [7, 11) is 1.76. The Morgan fingerprint density at radius 3 is 2.35 bits per heavy atom. The first-order valence-electron chi connectivity index (χ1n) is 7.49. The van der Waals surface area contributed by atoms with Crippen LogP contribution in [0.3, 0.4) is 0 Å². The maximum atomic E-state index is 5.78. The van der Waals surface area contributed by atoms with E-state index in [0.29, 0.717) is 6.04 Å². The van der Waals surface area contributed by atoms with Crippen molar-refractivity contribution in [2.24, 2.45) is 0 Å². The van der Waals surface area contributed by atoms with Gasteiger partial charge in [0.2, 0.25) is 0 Å². The SMILES string of the molecule is CCC(C)N(CCOC)CC(C)(C)c1ccc(N)cc1. The Morgan fingerprint density at radius 1 is 1.25 bits per heavy atom. The van der Waals surface area contributed by atoms with Gasteiger partial charge in [0.1, 0.15) is 0 Å². The van der Waals surface area contributed by atoms with Crippen molar-refractivity contribution < 1.29 is 4.74 Å². The fourth-order valence-electron chi connectivity index (χ4n) is 2.46. The molecule has 20 heavy (non-hydrogen) atoms. The van der Waals surface area contributed by atoms with Gasteiger partial charge in [-0.15, -0.1) is 0 Å². The highest BCUT2D eigenvalue weighted by Gasteiger charge is 2.25. The van der Waals surface area contributed by atoms with Crippen molar-refractivity contribution in [3.8, 4) is 0 Å². The molecule has 0 aromatic heterocycles. The highest BCUT2D eigenvalue weighted by molar-refractivity contribution is 5.41. The summed E-state index contributed by atoms with van der Waals surface area (Å²) in [6.45, 7) is 11.9. The summed E-state index contributed by atoms with van der Waals surface area (Å²) < 4.78 is 5.24. The Morgan fingerprint density at radius 2 is 1.85 bits per heavy atom. The molecule has 1 atom stereocenters. The molecule has 0 aliphatic rings. The summed E-state index contributed by atoms with van der Waals surface area (Å²) in [6, 6.07) is 8.82. The molecule has 0 fully saturated rings. The third kappa shape index (κ3) is 4.80. The lowest BCUT2D eigenvalue weighted by atomic mass is 9.83. The summed E-state index contributed by atoms with van der Waals surface area (Å²) >= 11 is 0. The summed E-state index contributed by atoms with van der Waals surface area (Å²) in [4.78, 5) is 2.51. The number of ether oxygens (including phenoxy) is 1. The van der Waals surface area contributed by atoms with Crippen LogP contribution in [0.15, 0.2) is 24.3 Å². The summed E-state index contributed by atoms with van der Waals surface area (Å²) in [5.74, 6) is 0. The molecule has 1 aromatic rings. The molecule has 2 N–H and O–H groups in total. The molecule has 1 unspecified atom stereocenters. The Kier molecular flexibility index (Phi) is 6.50. The number of nitrogens with two attached hydrogens (primary N) is 1. The van der Waals surface area contributed by atoms with Crippen LogP contribution in [0.1, 0.15) is 39.7 Å². The predicted molar refractivity (Wildman–Crippen MR) is 87.1 cm³/mol. The first-order valence-corrected chi connectivity index (χ1v) is 7.49. The summed E-state index contributed by atoms with van der Waals surface area (Å²) in [5, 5.41) is 0. The van der Waals surface area contributed by atoms with Gasteiger partial charge in [0.25, 0.3) is 0 Å². The number of methoxy groups -OCH3 is 1. The molecular weight excluding hydrogens is 248 g/mol. The van der Waals surface area contributed by atoms with Gasteiger partial charge < -0.3 is 10.5 Å². The van der Waals surface area contributed by atoms with Crippen LogP contribution in [0.4, 0.5) is 5.69 Å². The number of hydrogen-bond acceptors (Lipinski definition) is 3. The zero-order chi connectivity index (χ0) is 15.2. The van der Waals surface area contributed by atoms with Crippen molar-refractivity contribution in [2.45, 2.75) is 45.6 Å². The highest BCUT2D eigenvalue weighted by Crippen LogP contribution is 2.26. The molecule has 3 nitrogen and oxygen atoms in total. The Labute approximate surface area is 124 Å². The number of benzene rings is 1. The van der Waals surface area contributed by atoms with E-state index in [9.17, 15) is 0 Å². The van der Waals surface area contributed by atoms with Crippen LogP contribution >= 0.6 is 0 Å². The lowest BCUT2D eigenvalue weighted by Gasteiger charge is -2.36. The Hall–Kier alpha value is -1.06. The van der Waals surface area contributed by atoms with Crippen LogP contribution in [0.5, 0.6) is 0 Å². The standard InChI is InChI=1S/C17H30N2O/c1-6-14(2)19(11-12-20-5)13-17(3,4)15-7-9-16(18)10-8-15/h7-10,14H,6,11-13,18H2,1-5H3. The molecule has 0 bridgehead atoms. The number of anilines is 1. The number of nitrogens with zero attached hydrogens (tertiary/aromatic N) is 1. The minimum atomic E-state index is 0.102. The molecule has 1 rings (SSSR count). The second-order valence-electron chi connectivity index (χ2n) is 6.23. The van der Waals surface area contributed by atoms with Crippen LogP contribution in [0, 0.1) is 0 Å². The zero-order valence-electron chi connectivity index (χ0n) is 13.6. The van der Waals surface area contributed by atoms with Crippen LogP contribution in [-0.2, 0) is 10.2 Å². The maximum absolute atomic E-state index is 5.78. The van der Waals surface area contributed by atoms with E-state index in [1.165, 1.54) is 5.56 Å². The van der Waals surface area contributed by atoms with Gasteiger partial charge in [-0.1, -0.05) is 32.9 Å². The minimum Gasteiger partial charge on any atom is -0.399 e. The van der Waals surface area contributed by atoms with Crippen molar-refractivity contribution >= 4 is 5.69 Å². The summed E-state index contributed by atoms with van der Waals surface area (Å²) in [6.07, 6.45) is 1.15. The predicted octanol–water partition coefficient (Wildman–Crippen LogP) is 3.29. The molecule has 0 saturated carbocycles. The topological polar surface area (TPSA) is 38.5 Å². The van der Waals surface area contributed by atoms with Gasteiger partial charge in [0.05, 0.1) is 6.61 Å². The molecule has 1 aromatic carbocycles. The van der Waals surface area contributed by atoms with Crippen molar-refractivity contribution in [3.05, 3.63) is 29.8 Å². The van der Waals surface area contributed by atoms with Gasteiger partial charge in [-0.2, -0.15) is 0 Å². The fraction of sp³-hybridized carbons (Fsp3) is 0.647. The second-order valence-corrected chi connectivity index (χ2v) is 6.23. The molecule has 0 saturated heterocycles. The molecule has 0 amide bonds. The van der Waals surface area contributed by atoms with Gasteiger partial charge in [-0.3, -0.25) is 4.90 Å². The van der Waals surface area contributed by atoms with Crippen molar-refractivity contribution in [3.63, 3.8) is 0 Å². The van der Waals surface area contributed by atoms with Crippen LogP contribution < -0.4 is 5.73 Å². The Balaban J connectivity index is 2.81. The third-order valence-corrected chi connectivity index (χ3v) is 4.09. The lowest BCUT2D eigenvalue weighted by Crippen LogP contribution is -2.43. The average molecular weight is 278 g/mol. The molecular formula is C17H30N2O. The van der Waals surface area contributed by atoms with Gasteiger partial charge in [0.15, 0.2) is 0 Å².